The first-order valence-corrected chi connectivity index (χ1v) is 7.27. The molecule has 0 radical (unpaired) electrons. The van der Waals surface area contributed by atoms with Crippen LogP contribution in [0, 0.1) is 29.1 Å². The van der Waals surface area contributed by atoms with Gasteiger partial charge in [0.2, 0.25) is 0 Å². The molecule has 0 spiro atoms. The van der Waals surface area contributed by atoms with Gasteiger partial charge in [0.05, 0.1) is 0 Å². The van der Waals surface area contributed by atoms with Crippen LogP contribution in [-0.4, -0.2) is 0 Å². The Hall–Kier alpha value is 0. The largest absolute Gasteiger partial charge is 0.0776 e. The van der Waals surface area contributed by atoms with Gasteiger partial charge in [0.1, 0.15) is 0 Å². The molecule has 0 aromatic rings. The van der Waals surface area contributed by atoms with Gasteiger partial charge in [0.15, 0.2) is 0 Å². The predicted molar refractivity (Wildman–Crippen MR) is 82.4 cm³/mol. The van der Waals surface area contributed by atoms with E-state index in [1.807, 2.05) is 0 Å². The second-order valence-electron chi connectivity index (χ2n) is 6.65. The first kappa shape index (κ1) is 19.3. The molecule has 0 nitrogen and oxygen atoms in total. The second kappa shape index (κ2) is 8.16. The summed E-state index contributed by atoms with van der Waals surface area (Å²) in [5.74, 6) is 3.36. The molecule has 0 heterocycles. The number of hydrogen-bond acceptors (Lipinski definition) is 0. The SMILES string of the molecule is C.CCC(C)CC(C)C(C)C(C)(C)C(C)CC. The Bertz CT molecular complexity index is 180. The van der Waals surface area contributed by atoms with Crippen molar-refractivity contribution in [2.24, 2.45) is 29.1 Å². The molecule has 0 bridgehead atoms. The van der Waals surface area contributed by atoms with Crippen LogP contribution in [0.5, 0.6) is 0 Å². The Labute approximate surface area is 112 Å². The van der Waals surface area contributed by atoms with Gasteiger partial charge in [-0.1, -0.05) is 75.7 Å². The molecule has 0 saturated heterocycles. The van der Waals surface area contributed by atoms with Crippen molar-refractivity contribution in [3.8, 4) is 0 Å². The van der Waals surface area contributed by atoms with Gasteiger partial charge in [0, 0.05) is 0 Å². The molecule has 0 rings (SSSR count). The molecule has 0 aliphatic heterocycles. The van der Waals surface area contributed by atoms with E-state index in [9.17, 15) is 0 Å². The molecule has 4 atom stereocenters. The normalized spacial score (nSPS) is 19.1. The molecule has 0 aliphatic rings. The van der Waals surface area contributed by atoms with Gasteiger partial charge in [-0.2, -0.15) is 0 Å². The van der Waals surface area contributed by atoms with Crippen LogP contribution in [0.1, 0.15) is 82.1 Å². The molecular formula is C17H38. The first-order chi connectivity index (χ1) is 7.27. The van der Waals surface area contributed by atoms with Crippen LogP contribution in [-0.2, 0) is 0 Å². The third kappa shape index (κ3) is 5.44. The van der Waals surface area contributed by atoms with Gasteiger partial charge in [-0.05, 0) is 35.5 Å². The zero-order chi connectivity index (χ0) is 12.9. The van der Waals surface area contributed by atoms with Crippen molar-refractivity contribution in [1.29, 1.82) is 0 Å². The minimum atomic E-state index is 0. The number of rotatable bonds is 7. The van der Waals surface area contributed by atoms with Crippen LogP contribution >= 0.6 is 0 Å². The van der Waals surface area contributed by atoms with E-state index < -0.39 is 0 Å². The predicted octanol–water partition coefficient (Wildman–Crippen LogP) is 6.40. The summed E-state index contributed by atoms with van der Waals surface area (Å²) in [5.41, 5.74) is 0.474. The molecular weight excluding hydrogens is 204 g/mol. The van der Waals surface area contributed by atoms with Crippen LogP contribution in [0.25, 0.3) is 0 Å². The van der Waals surface area contributed by atoms with E-state index in [1.54, 1.807) is 0 Å². The maximum atomic E-state index is 2.46. The van der Waals surface area contributed by atoms with Crippen molar-refractivity contribution >= 4 is 0 Å². The third-order valence-corrected chi connectivity index (χ3v) is 5.38. The number of hydrogen-bond donors (Lipinski definition) is 0. The fourth-order valence-electron chi connectivity index (χ4n) is 2.71. The maximum Gasteiger partial charge on any atom is -0.0300 e. The topological polar surface area (TPSA) is 0 Å². The second-order valence-corrected chi connectivity index (χ2v) is 6.65. The van der Waals surface area contributed by atoms with E-state index in [1.165, 1.54) is 19.3 Å². The average Bonchev–Trinajstić information content (AvgIpc) is 2.26. The Morgan fingerprint density at radius 2 is 1.35 bits per heavy atom. The van der Waals surface area contributed by atoms with Crippen molar-refractivity contribution in [1.82, 2.24) is 0 Å². The highest BCUT2D eigenvalue weighted by Gasteiger charge is 2.34. The molecule has 17 heavy (non-hydrogen) atoms. The van der Waals surface area contributed by atoms with E-state index in [2.05, 4.69) is 55.4 Å². The van der Waals surface area contributed by atoms with Gasteiger partial charge >= 0.3 is 0 Å². The lowest BCUT2D eigenvalue weighted by Gasteiger charge is -2.41. The summed E-state index contributed by atoms with van der Waals surface area (Å²) in [6.07, 6.45) is 4.01. The van der Waals surface area contributed by atoms with E-state index in [0.717, 1.165) is 23.7 Å². The highest BCUT2D eigenvalue weighted by Crippen LogP contribution is 2.42. The lowest BCUT2D eigenvalue weighted by Crippen LogP contribution is -2.33. The highest BCUT2D eigenvalue weighted by atomic mass is 14.4. The third-order valence-electron chi connectivity index (χ3n) is 5.38. The zero-order valence-electron chi connectivity index (χ0n) is 12.9. The molecule has 0 fully saturated rings. The molecule has 0 N–H and O–H groups in total. The van der Waals surface area contributed by atoms with Gasteiger partial charge in [-0.15, -0.1) is 0 Å². The summed E-state index contributed by atoms with van der Waals surface area (Å²) in [6, 6.07) is 0. The molecule has 0 aromatic heterocycles. The Morgan fingerprint density at radius 3 is 1.71 bits per heavy atom. The summed E-state index contributed by atoms with van der Waals surface area (Å²) in [7, 11) is 0. The summed E-state index contributed by atoms with van der Waals surface area (Å²) in [4.78, 5) is 0. The quantitative estimate of drug-likeness (QED) is 0.484. The Kier molecular flexibility index (Phi) is 9.29. The van der Waals surface area contributed by atoms with Crippen molar-refractivity contribution in [2.75, 3.05) is 0 Å². The van der Waals surface area contributed by atoms with Crippen LogP contribution < -0.4 is 0 Å². The molecule has 0 amide bonds. The molecule has 0 heteroatoms. The highest BCUT2D eigenvalue weighted by molar-refractivity contribution is 4.83. The van der Waals surface area contributed by atoms with E-state index in [4.69, 9.17) is 0 Å². The fourth-order valence-corrected chi connectivity index (χ4v) is 2.71. The molecule has 0 aliphatic carbocycles. The van der Waals surface area contributed by atoms with E-state index >= 15 is 0 Å². The van der Waals surface area contributed by atoms with Crippen molar-refractivity contribution in [3.63, 3.8) is 0 Å². The molecule has 4 unspecified atom stereocenters. The van der Waals surface area contributed by atoms with Gasteiger partial charge in [-0.25, -0.2) is 0 Å². The van der Waals surface area contributed by atoms with Gasteiger partial charge < -0.3 is 0 Å². The van der Waals surface area contributed by atoms with Gasteiger partial charge in [-0.3, -0.25) is 0 Å². The van der Waals surface area contributed by atoms with Gasteiger partial charge in [0.25, 0.3) is 0 Å². The van der Waals surface area contributed by atoms with Crippen LogP contribution in [0.15, 0.2) is 0 Å². The lowest BCUT2D eigenvalue weighted by molar-refractivity contribution is 0.0830. The van der Waals surface area contributed by atoms with Crippen molar-refractivity contribution < 1.29 is 0 Å². The average molecular weight is 242 g/mol. The lowest BCUT2D eigenvalue weighted by atomic mass is 9.64. The standard InChI is InChI=1S/C16H34.CH4/c1-9-12(3)11-13(4)15(6)16(7,8)14(5)10-2;/h12-15H,9-11H2,1-8H3;1H4. The van der Waals surface area contributed by atoms with E-state index in [-0.39, 0.29) is 7.43 Å². The van der Waals surface area contributed by atoms with Crippen LogP contribution in [0.2, 0.25) is 0 Å². The zero-order valence-corrected chi connectivity index (χ0v) is 12.9. The minimum Gasteiger partial charge on any atom is -0.0776 e. The molecule has 106 valence electrons. The van der Waals surface area contributed by atoms with Crippen molar-refractivity contribution in [2.45, 2.75) is 82.1 Å². The Morgan fingerprint density at radius 1 is 0.882 bits per heavy atom. The minimum absolute atomic E-state index is 0. The molecule has 0 saturated carbocycles. The summed E-state index contributed by atoms with van der Waals surface area (Å²) in [6.45, 7) is 19.2. The molecule has 0 aromatic carbocycles. The summed E-state index contributed by atoms with van der Waals surface area (Å²) in [5, 5.41) is 0. The fraction of sp³-hybridized carbons (Fsp3) is 1.00. The van der Waals surface area contributed by atoms with Crippen molar-refractivity contribution in [3.05, 3.63) is 0 Å². The van der Waals surface area contributed by atoms with Crippen LogP contribution in [0.3, 0.4) is 0 Å². The monoisotopic (exact) mass is 242 g/mol. The Balaban J connectivity index is 0. The summed E-state index contributed by atoms with van der Waals surface area (Å²) >= 11 is 0. The summed E-state index contributed by atoms with van der Waals surface area (Å²) < 4.78 is 0. The van der Waals surface area contributed by atoms with Crippen LogP contribution in [0.4, 0.5) is 0 Å². The maximum absolute atomic E-state index is 2.46. The smallest absolute Gasteiger partial charge is 0.0300 e. The van der Waals surface area contributed by atoms with E-state index in [0.29, 0.717) is 5.41 Å². The first-order valence-electron chi connectivity index (χ1n) is 7.27.